The van der Waals surface area contributed by atoms with E-state index in [0.29, 0.717) is 18.1 Å². The standard InChI is InChI=1S/C19H26ClN5O/c1-14(26-17-7-5-16(20)6-8-17)12-23-19(21-2)24-13-15-9-10-22-18(11-15)25(3)4/h5-11,14H,12-13H2,1-4H3,(H2,21,23,24). The maximum absolute atomic E-state index is 5.88. The van der Waals surface area contributed by atoms with Gasteiger partial charge in [-0.2, -0.15) is 0 Å². The molecule has 2 aromatic rings. The molecule has 1 unspecified atom stereocenters. The fraction of sp³-hybridized carbons (Fsp3) is 0.368. The van der Waals surface area contributed by atoms with Crippen molar-refractivity contribution in [2.75, 3.05) is 32.6 Å². The Morgan fingerprint density at radius 2 is 1.96 bits per heavy atom. The van der Waals surface area contributed by atoms with Crippen molar-refractivity contribution in [2.45, 2.75) is 19.6 Å². The average Bonchev–Trinajstić information content (AvgIpc) is 2.64. The van der Waals surface area contributed by atoms with Crippen LogP contribution in [-0.2, 0) is 6.54 Å². The number of ether oxygens (including phenoxy) is 1. The number of nitrogens with zero attached hydrogens (tertiary/aromatic N) is 3. The topological polar surface area (TPSA) is 61.8 Å². The van der Waals surface area contributed by atoms with E-state index in [0.717, 1.165) is 23.1 Å². The normalized spacial score (nSPS) is 12.4. The van der Waals surface area contributed by atoms with Crippen molar-refractivity contribution in [3.8, 4) is 5.75 Å². The molecular weight excluding hydrogens is 350 g/mol. The summed E-state index contributed by atoms with van der Waals surface area (Å²) in [5, 5.41) is 7.26. The van der Waals surface area contributed by atoms with Gasteiger partial charge in [-0.15, -0.1) is 0 Å². The van der Waals surface area contributed by atoms with Gasteiger partial charge in [-0.05, 0) is 48.9 Å². The van der Waals surface area contributed by atoms with Crippen molar-refractivity contribution in [1.82, 2.24) is 15.6 Å². The highest BCUT2D eigenvalue weighted by atomic mass is 35.5. The minimum absolute atomic E-state index is 0.0176. The second-order valence-electron chi connectivity index (χ2n) is 6.11. The van der Waals surface area contributed by atoms with Crippen molar-refractivity contribution in [3.63, 3.8) is 0 Å². The van der Waals surface area contributed by atoms with Gasteiger partial charge in [0.05, 0.1) is 6.54 Å². The van der Waals surface area contributed by atoms with Crippen LogP contribution in [-0.4, -0.2) is 44.7 Å². The lowest BCUT2D eigenvalue weighted by molar-refractivity contribution is 0.224. The molecule has 6 nitrogen and oxygen atoms in total. The van der Waals surface area contributed by atoms with Gasteiger partial charge in [0, 0.05) is 38.9 Å². The van der Waals surface area contributed by atoms with Crippen LogP contribution in [0.15, 0.2) is 47.6 Å². The van der Waals surface area contributed by atoms with Crippen LogP contribution in [0, 0.1) is 0 Å². The number of anilines is 1. The number of nitrogens with one attached hydrogen (secondary N) is 2. The molecule has 1 aromatic carbocycles. The number of aromatic nitrogens is 1. The van der Waals surface area contributed by atoms with E-state index in [1.165, 1.54) is 0 Å². The van der Waals surface area contributed by atoms with Gasteiger partial charge < -0.3 is 20.3 Å². The van der Waals surface area contributed by atoms with E-state index in [4.69, 9.17) is 16.3 Å². The molecule has 1 atom stereocenters. The maximum atomic E-state index is 5.88. The van der Waals surface area contributed by atoms with Crippen LogP contribution in [0.1, 0.15) is 12.5 Å². The first-order chi connectivity index (χ1) is 12.5. The van der Waals surface area contributed by atoms with Crippen LogP contribution in [0.3, 0.4) is 0 Å². The first-order valence-electron chi connectivity index (χ1n) is 8.47. The Morgan fingerprint density at radius 3 is 2.62 bits per heavy atom. The van der Waals surface area contributed by atoms with Crippen LogP contribution in [0.25, 0.3) is 0 Å². The summed E-state index contributed by atoms with van der Waals surface area (Å²) in [6.07, 6.45) is 1.79. The van der Waals surface area contributed by atoms with Gasteiger partial charge in [-0.3, -0.25) is 4.99 Å². The fourth-order valence-corrected chi connectivity index (χ4v) is 2.38. The molecule has 0 amide bonds. The number of hydrogen-bond acceptors (Lipinski definition) is 4. The van der Waals surface area contributed by atoms with E-state index in [1.807, 2.05) is 68.5 Å². The summed E-state index contributed by atoms with van der Waals surface area (Å²) in [6, 6.07) is 11.4. The molecule has 140 valence electrons. The van der Waals surface area contributed by atoms with Crippen molar-refractivity contribution in [2.24, 2.45) is 4.99 Å². The highest BCUT2D eigenvalue weighted by molar-refractivity contribution is 6.30. The lowest BCUT2D eigenvalue weighted by Gasteiger charge is -2.18. The third-order valence-electron chi connectivity index (χ3n) is 3.66. The molecule has 0 aliphatic heterocycles. The fourth-order valence-electron chi connectivity index (χ4n) is 2.25. The lowest BCUT2D eigenvalue weighted by atomic mass is 10.2. The number of rotatable bonds is 7. The second-order valence-corrected chi connectivity index (χ2v) is 6.54. The molecule has 1 aromatic heterocycles. The number of guanidine groups is 1. The summed E-state index contributed by atoms with van der Waals surface area (Å²) in [5.41, 5.74) is 1.14. The van der Waals surface area contributed by atoms with Crippen LogP contribution in [0.2, 0.25) is 5.02 Å². The van der Waals surface area contributed by atoms with Crippen molar-refractivity contribution >= 4 is 23.4 Å². The third-order valence-corrected chi connectivity index (χ3v) is 3.91. The van der Waals surface area contributed by atoms with Crippen molar-refractivity contribution in [3.05, 3.63) is 53.2 Å². The van der Waals surface area contributed by atoms with Crippen molar-refractivity contribution in [1.29, 1.82) is 0 Å². The zero-order valence-electron chi connectivity index (χ0n) is 15.7. The summed E-state index contributed by atoms with van der Waals surface area (Å²) < 4.78 is 5.85. The molecule has 0 saturated carbocycles. The number of aliphatic imine (C=N–C) groups is 1. The van der Waals surface area contributed by atoms with E-state index >= 15 is 0 Å². The Balaban J connectivity index is 1.80. The molecule has 26 heavy (non-hydrogen) atoms. The molecule has 1 heterocycles. The van der Waals surface area contributed by atoms with Gasteiger partial charge in [-0.1, -0.05) is 11.6 Å². The predicted octanol–water partition coefficient (Wildman–Crippen LogP) is 2.93. The summed E-state index contributed by atoms with van der Waals surface area (Å²) in [5.74, 6) is 2.44. The second kappa shape index (κ2) is 9.87. The maximum Gasteiger partial charge on any atom is 0.191 e. The van der Waals surface area contributed by atoms with E-state index < -0.39 is 0 Å². The largest absolute Gasteiger partial charge is 0.489 e. The Kier molecular flexibility index (Phi) is 7.53. The molecular formula is C19H26ClN5O. The lowest BCUT2D eigenvalue weighted by Crippen LogP contribution is -2.41. The molecule has 2 rings (SSSR count). The SMILES string of the molecule is CN=C(NCc1ccnc(N(C)C)c1)NCC(C)Oc1ccc(Cl)cc1. The smallest absolute Gasteiger partial charge is 0.191 e. The van der Waals surface area contributed by atoms with E-state index in [2.05, 4.69) is 20.6 Å². The Hall–Kier alpha value is -2.47. The summed E-state index contributed by atoms with van der Waals surface area (Å²) in [6.45, 7) is 3.29. The molecule has 0 aliphatic rings. The van der Waals surface area contributed by atoms with Crippen LogP contribution < -0.4 is 20.3 Å². The average molecular weight is 376 g/mol. The highest BCUT2D eigenvalue weighted by Gasteiger charge is 2.06. The Labute approximate surface area is 160 Å². The molecule has 0 radical (unpaired) electrons. The van der Waals surface area contributed by atoms with Crippen molar-refractivity contribution < 1.29 is 4.74 Å². The van der Waals surface area contributed by atoms with E-state index in [9.17, 15) is 0 Å². The number of hydrogen-bond donors (Lipinski definition) is 2. The minimum atomic E-state index is -0.0176. The first-order valence-corrected chi connectivity index (χ1v) is 8.84. The van der Waals surface area contributed by atoms with Crippen LogP contribution in [0.5, 0.6) is 5.75 Å². The van der Waals surface area contributed by atoms with Gasteiger partial charge in [0.25, 0.3) is 0 Å². The molecule has 2 N–H and O–H groups in total. The zero-order valence-corrected chi connectivity index (χ0v) is 16.4. The van der Waals surface area contributed by atoms with Gasteiger partial charge in [0.1, 0.15) is 17.7 Å². The minimum Gasteiger partial charge on any atom is -0.489 e. The monoisotopic (exact) mass is 375 g/mol. The van der Waals surface area contributed by atoms with Crippen LogP contribution in [0.4, 0.5) is 5.82 Å². The molecule has 0 bridgehead atoms. The van der Waals surface area contributed by atoms with E-state index in [1.54, 1.807) is 7.05 Å². The quantitative estimate of drug-likeness (QED) is 0.575. The highest BCUT2D eigenvalue weighted by Crippen LogP contribution is 2.16. The molecule has 0 saturated heterocycles. The summed E-state index contributed by atoms with van der Waals surface area (Å²) in [7, 11) is 5.70. The van der Waals surface area contributed by atoms with Gasteiger partial charge in [0.2, 0.25) is 0 Å². The van der Waals surface area contributed by atoms with Gasteiger partial charge in [-0.25, -0.2) is 4.98 Å². The number of pyridine rings is 1. The van der Waals surface area contributed by atoms with Crippen LogP contribution >= 0.6 is 11.6 Å². The van der Waals surface area contributed by atoms with Gasteiger partial charge >= 0.3 is 0 Å². The number of halogens is 1. The summed E-state index contributed by atoms with van der Waals surface area (Å²) >= 11 is 5.88. The molecule has 0 fully saturated rings. The van der Waals surface area contributed by atoms with Gasteiger partial charge in [0.15, 0.2) is 5.96 Å². The molecule has 0 aliphatic carbocycles. The van der Waals surface area contributed by atoms with E-state index in [-0.39, 0.29) is 6.10 Å². The molecule has 7 heteroatoms. The third kappa shape index (κ3) is 6.44. The number of benzene rings is 1. The molecule has 0 spiro atoms. The summed E-state index contributed by atoms with van der Waals surface area (Å²) in [4.78, 5) is 10.5. The Bertz CT molecular complexity index is 718. The zero-order chi connectivity index (χ0) is 18.9. The predicted molar refractivity (Wildman–Crippen MR) is 108 cm³/mol. The first kappa shape index (κ1) is 19.8. The Morgan fingerprint density at radius 1 is 1.23 bits per heavy atom.